The fraction of sp³-hybridized carbons (Fsp3) is 0.941. The number of rotatable bonds is 6. The minimum Gasteiger partial charge on any atom is -0.461 e. The molecule has 0 radical (unpaired) electrons. The van der Waals surface area contributed by atoms with E-state index in [4.69, 9.17) is 4.74 Å². The number of alkyl halides is 7. The maximum absolute atomic E-state index is 13.0. The fourth-order valence-electron chi connectivity index (χ4n) is 4.27. The first-order valence-electron chi connectivity index (χ1n) is 8.97. The standard InChI is InChI=1S/C17H24F6INO3/c1-8(25-3)14(2,24)13(26)28-12-6-9-4-10(11(12)5-9)7-15(27,16(18,19)20)17(21,22)23/h8-12,25,27H,4-7H2,1-3H3. The Morgan fingerprint density at radius 2 is 1.71 bits per heavy atom. The largest absolute Gasteiger partial charge is 0.461 e. The molecule has 0 amide bonds. The Hall–Kier alpha value is -0.300. The van der Waals surface area contributed by atoms with Gasteiger partial charge in [0.25, 0.3) is 5.60 Å². The van der Waals surface area contributed by atoms with Gasteiger partial charge in [0, 0.05) is 6.04 Å². The van der Waals surface area contributed by atoms with E-state index in [2.05, 4.69) is 5.32 Å². The van der Waals surface area contributed by atoms with Gasteiger partial charge in [-0.25, -0.2) is 0 Å². The molecule has 28 heavy (non-hydrogen) atoms. The van der Waals surface area contributed by atoms with Gasteiger partial charge in [-0.1, -0.05) is 22.6 Å². The molecular formula is C17H24F6INO3. The summed E-state index contributed by atoms with van der Waals surface area (Å²) < 4.78 is 82.7. The highest BCUT2D eigenvalue weighted by atomic mass is 127. The molecule has 11 heteroatoms. The molecule has 2 rings (SSSR count). The van der Waals surface area contributed by atoms with Crippen molar-refractivity contribution in [2.45, 2.75) is 73.1 Å². The molecule has 0 aliphatic heterocycles. The third kappa shape index (κ3) is 4.26. The zero-order chi connectivity index (χ0) is 21.7. The maximum Gasteiger partial charge on any atom is 0.426 e. The van der Waals surface area contributed by atoms with Crippen molar-refractivity contribution < 1.29 is 41.0 Å². The molecule has 0 aromatic carbocycles. The molecule has 2 fully saturated rings. The normalized spacial score (nSPS) is 31.5. The van der Waals surface area contributed by atoms with Crippen molar-refractivity contribution in [3.05, 3.63) is 0 Å². The third-order valence-electron chi connectivity index (χ3n) is 6.29. The van der Waals surface area contributed by atoms with Gasteiger partial charge >= 0.3 is 18.3 Å². The van der Waals surface area contributed by atoms with Crippen LogP contribution < -0.4 is 5.32 Å². The second-order valence-electron chi connectivity index (χ2n) is 8.09. The number of esters is 1. The molecule has 2 bridgehead atoms. The lowest BCUT2D eigenvalue weighted by atomic mass is 9.78. The van der Waals surface area contributed by atoms with Gasteiger partial charge in [0.2, 0.25) is 0 Å². The number of halogens is 7. The van der Waals surface area contributed by atoms with E-state index in [0.29, 0.717) is 12.8 Å². The minimum atomic E-state index is -5.83. The quantitative estimate of drug-likeness (QED) is 0.236. The SMILES string of the molecule is CNC(C)C(C)(I)C(=O)OC1CC2CC(CC(O)(C(F)(F)F)C(F)(F)F)C1C2. The number of nitrogens with one attached hydrogen (secondary N) is 1. The van der Waals surface area contributed by atoms with Crippen LogP contribution in [0.1, 0.15) is 39.5 Å². The van der Waals surface area contributed by atoms with Crippen molar-refractivity contribution in [2.24, 2.45) is 17.8 Å². The number of aliphatic hydroxyl groups is 1. The summed E-state index contributed by atoms with van der Waals surface area (Å²) in [7, 11) is 1.66. The third-order valence-corrected chi connectivity index (χ3v) is 7.66. The number of hydrogen-bond donors (Lipinski definition) is 2. The van der Waals surface area contributed by atoms with E-state index in [-0.39, 0.29) is 18.4 Å². The van der Waals surface area contributed by atoms with Crippen LogP contribution in [0, 0.1) is 17.8 Å². The van der Waals surface area contributed by atoms with Gasteiger partial charge in [0.15, 0.2) is 0 Å². The van der Waals surface area contributed by atoms with Crippen LogP contribution in [0.2, 0.25) is 0 Å². The molecule has 2 saturated carbocycles. The van der Waals surface area contributed by atoms with E-state index in [1.807, 2.05) is 22.6 Å². The van der Waals surface area contributed by atoms with Crippen LogP contribution in [-0.4, -0.2) is 51.6 Å². The molecule has 164 valence electrons. The second kappa shape index (κ2) is 7.75. The number of ether oxygens (including phenoxy) is 1. The Labute approximate surface area is 172 Å². The molecule has 0 spiro atoms. The highest BCUT2D eigenvalue weighted by Gasteiger charge is 2.71. The van der Waals surface area contributed by atoms with Crippen LogP contribution >= 0.6 is 22.6 Å². The van der Waals surface area contributed by atoms with E-state index < -0.39 is 51.7 Å². The zero-order valence-electron chi connectivity index (χ0n) is 15.6. The second-order valence-corrected chi connectivity index (χ2v) is 10.3. The summed E-state index contributed by atoms with van der Waals surface area (Å²) in [5.41, 5.74) is -4.76. The Morgan fingerprint density at radius 1 is 1.18 bits per heavy atom. The lowest BCUT2D eigenvalue weighted by Crippen LogP contribution is -2.58. The van der Waals surface area contributed by atoms with Gasteiger partial charge in [-0.2, -0.15) is 26.3 Å². The molecule has 4 nitrogen and oxygen atoms in total. The van der Waals surface area contributed by atoms with Gasteiger partial charge in [-0.3, -0.25) is 4.79 Å². The lowest BCUT2D eigenvalue weighted by Gasteiger charge is -2.38. The van der Waals surface area contributed by atoms with E-state index in [1.165, 1.54) is 0 Å². The molecule has 2 aliphatic rings. The summed E-state index contributed by atoms with van der Waals surface area (Å²) in [4.78, 5) is 12.5. The number of hydrogen-bond acceptors (Lipinski definition) is 4. The predicted molar refractivity (Wildman–Crippen MR) is 96.8 cm³/mol. The Bertz CT molecular complexity index is 580. The van der Waals surface area contributed by atoms with Crippen molar-refractivity contribution in [3.8, 4) is 0 Å². The van der Waals surface area contributed by atoms with Crippen molar-refractivity contribution in [3.63, 3.8) is 0 Å². The summed E-state index contributed by atoms with van der Waals surface area (Å²) in [6, 6.07) is -0.254. The molecule has 6 unspecified atom stereocenters. The lowest BCUT2D eigenvalue weighted by molar-refractivity contribution is -0.373. The molecule has 0 aromatic heterocycles. The number of fused-ring (bicyclic) bond motifs is 2. The maximum atomic E-state index is 13.0. The van der Waals surface area contributed by atoms with Crippen LogP contribution in [0.4, 0.5) is 26.3 Å². The average molecular weight is 531 g/mol. The summed E-state index contributed by atoms with van der Waals surface area (Å²) in [5.74, 6) is -2.32. The first-order valence-corrected chi connectivity index (χ1v) is 10.1. The van der Waals surface area contributed by atoms with Gasteiger partial charge < -0.3 is 15.2 Å². The summed E-state index contributed by atoms with van der Waals surface area (Å²) in [6.45, 7) is 3.41. The topological polar surface area (TPSA) is 58.6 Å². The van der Waals surface area contributed by atoms with Gasteiger partial charge in [0.1, 0.15) is 9.53 Å². The van der Waals surface area contributed by atoms with Crippen LogP contribution in [-0.2, 0) is 9.53 Å². The van der Waals surface area contributed by atoms with Crippen LogP contribution in [0.3, 0.4) is 0 Å². The van der Waals surface area contributed by atoms with Crippen LogP contribution in [0.15, 0.2) is 0 Å². The van der Waals surface area contributed by atoms with Gasteiger partial charge in [-0.15, -0.1) is 0 Å². The highest BCUT2D eigenvalue weighted by molar-refractivity contribution is 14.1. The summed E-state index contributed by atoms with van der Waals surface area (Å²) in [5, 5.41) is 12.4. The van der Waals surface area contributed by atoms with Crippen LogP contribution in [0.25, 0.3) is 0 Å². The first-order chi connectivity index (χ1) is 12.5. The molecule has 6 atom stereocenters. The van der Waals surface area contributed by atoms with E-state index >= 15 is 0 Å². The Kier molecular flexibility index (Phi) is 6.64. The van der Waals surface area contributed by atoms with E-state index in [0.717, 1.165) is 0 Å². The zero-order valence-corrected chi connectivity index (χ0v) is 17.8. The Balaban J connectivity index is 2.14. The monoisotopic (exact) mass is 531 g/mol. The van der Waals surface area contributed by atoms with Crippen molar-refractivity contribution in [2.75, 3.05) is 7.05 Å². The number of carbonyl (C=O) groups excluding carboxylic acids is 1. The predicted octanol–water partition coefficient (Wildman–Crippen LogP) is 3.99. The Morgan fingerprint density at radius 3 is 2.14 bits per heavy atom. The number of carbonyl (C=O) groups is 1. The van der Waals surface area contributed by atoms with Crippen molar-refractivity contribution in [1.29, 1.82) is 0 Å². The van der Waals surface area contributed by atoms with Crippen molar-refractivity contribution >= 4 is 28.6 Å². The van der Waals surface area contributed by atoms with Gasteiger partial charge in [-0.05, 0) is 64.3 Å². The minimum absolute atomic E-state index is 0.110. The smallest absolute Gasteiger partial charge is 0.426 e. The molecular weight excluding hydrogens is 507 g/mol. The van der Waals surface area contributed by atoms with E-state index in [1.54, 1.807) is 20.9 Å². The first kappa shape index (κ1) is 24.0. The molecule has 0 saturated heterocycles. The molecule has 0 aromatic rings. The summed E-state index contributed by atoms with van der Waals surface area (Å²) >= 11 is 1.92. The summed E-state index contributed by atoms with van der Waals surface area (Å²) in [6.07, 6.45) is -12.9. The average Bonchev–Trinajstić information content (AvgIpc) is 3.11. The fourth-order valence-corrected chi connectivity index (χ4v) is 4.71. The van der Waals surface area contributed by atoms with E-state index in [9.17, 15) is 36.2 Å². The van der Waals surface area contributed by atoms with Crippen LogP contribution in [0.5, 0.6) is 0 Å². The van der Waals surface area contributed by atoms with Gasteiger partial charge in [0.05, 0.1) is 0 Å². The van der Waals surface area contributed by atoms with Crippen molar-refractivity contribution in [1.82, 2.24) is 5.32 Å². The molecule has 0 heterocycles. The molecule has 2 N–H and O–H groups in total. The highest BCUT2D eigenvalue weighted by Crippen LogP contribution is 2.56. The molecule has 2 aliphatic carbocycles.